The van der Waals surface area contributed by atoms with Crippen LogP contribution in [0, 0.1) is 0 Å². The molecule has 0 fully saturated rings. The maximum Gasteiger partial charge on any atom is 0.342 e. The van der Waals surface area contributed by atoms with Gasteiger partial charge >= 0.3 is 5.97 Å². The zero-order valence-electron chi connectivity index (χ0n) is 11.8. The fourth-order valence-corrected chi connectivity index (χ4v) is 1.76. The SMILES string of the molecule is CCN(CC)CCCOC(=O)c1cc(O)ccc1O.Cl. The van der Waals surface area contributed by atoms with Gasteiger partial charge in [0.05, 0.1) is 6.61 Å². The number of phenols is 2. The number of aromatic hydroxyl groups is 2. The summed E-state index contributed by atoms with van der Waals surface area (Å²) in [7, 11) is 0. The van der Waals surface area contributed by atoms with Crippen molar-refractivity contribution in [3.8, 4) is 11.5 Å². The van der Waals surface area contributed by atoms with Gasteiger partial charge in [0.1, 0.15) is 17.1 Å². The molecule has 0 aromatic heterocycles. The Morgan fingerprint density at radius 1 is 1.25 bits per heavy atom. The molecule has 0 saturated heterocycles. The van der Waals surface area contributed by atoms with Crippen molar-refractivity contribution in [2.24, 2.45) is 0 Å². The van der Waals surface area contributed by atoms with Gasteiger partial charge in [-0.15, -0.1) is 12.4 Å². The highest BCUT2D eigenvalue weighted by Gasteiger charge is 2.13. The number of ether oxygens (including phenoxy) is 1. The first-order chi connectivity index (χ1) is 9.08. The summed E-state index contributed by atoms with van der Waals surface area (Å²) >= 11 is 0. The van der Waals surface area contributed by atoms with Gasteiger partial charge in [-0.2, -0.15) is 0 Å². The number of hydrogen-bond acceptors (Lipinski definition) is 5. The molecule has 5 nitrogen and oxygen atoms in total. The number of esters is 1. The quantitative estimate of drug-likeness (QED) is 0.460. The molecule has 0 radical (unpaired) electrons. The Balaban J connectivity index is 0.00000361. The van der Waals surface area contributed by atoms with Crippen LogP contribution in [0.15, 0.2) is 18.2 Å². The van der Waals surface area contributed by atoms with Gasteiger partial charge in [-0.1, -0.05) is 13.8 Å². The lowest BCUT2D eigenvalue weighted by Crippen LogP contribution is -2.25. The Labute approximate surface area is 125 Å². The van der Waals surface area contributed by atoms with Gasteiger partial charge < -0.3 is 19.8 Å². The smallest absolute Gasteiger partial charge is 0.342 e. The predicted octanol–water partition coefficient (Wildman–Crippen LogP) is 2.41. The fraction of sp³-hybridized carbons (Fsp3) is 0.500. The van der Waals surface area contributed by atoms with Crippen LogP contribution < -0.4 is 0 Å². The Bertz CT molecular complexity index is 422. The van der Waals surface area contributed by atoms with E-state index < -0.39 is 5.97 Å². The van der Waals surface area contributed by atoms with Crippen LogP contribution in [0.4, 0.5) is 0 Å². The number of carbonyl (C=O) groups excluding carboxylic acids is 1. The van der Waals surface area contributed by atoms with Crippen molar-refractivity contribution in [1.82, 2.24) is 4.90 Å². The van der Waals surface area contributed by atoms with E-state index in [1.165, 1.54) is 18.2 Å². The van der Waals surface area contributed by atoms with E-state index in [9.17, 15) is 15.0 Å². The monoisotopic (exact) mass is 303 g/mol. The number of nitrogens with zero attached hydrogens (tertiary/aromatic N) is 1. The zero-order chi connectivity index (χ0) is 14.3. The third-order valence-electron chi connectivity index (χ3n) is 2.95. The van der Waals surface area contributed by atoms with Gasteiger partial charge in [0.2, 0.25) is 0 Å². The van der Waals surface area contributed by atoms with Gasteiger partial charge in [0.15, 0.2) is 0 Å². The van der Waals surface area contributed by atoms with E-state index in [0.29, 0.717) is 6.61 Å². The van der Waals surface area contributed by atoms with Gasteiger partial charge in [-0.25, -0.2) is 4.79 Å². The van der Waals surface area contributed by atoms with Crippen LogP contribution in [0.25, 0.3) is 0 Å². The first kappa shape index (κ1) is 18.5. The molecule has 0 spiro atoms. The predicted molar refractivity (Wildman–Crippen MR) is 79.7 cm³/mol. The lowest BCUT2D eigenvalue weighted by atomic mass is 10.2. The minimum absolute atomic E-state index is 0. The summed E-state index contributed by atoms with van der Waals surface area (Å²) < 4.78 is 5.07. The van der Waals surface area contributed by atoms with Crippen molar-refractivity contribution in [1.29, 1.82) is 0 Å². The minimum atomic E-state index is -0.618. The lowest BCUT2D eigenvalue weighted by molar-refractivity contribution is 0.0485. The van der Waals surface area contributed by atoms with E-state index in [-0.39, 0.29) is 29.5 Å². The molecular formula is C14H22ClNO4. The number of halogens is 1. The Kier molecular flexibility index (Phi) is 8.76. The fourth-order valence-electron chi connectivity index (χ4n) is 1.76. The molecule has 0 atom stereocenters. The van der Waals surface area contributed by atoms with Crippen LogP contribution in [-0.4, -0.2) is 47.3 Å². The second-order valence-corrected chi connectivity index (χ2v) is 4.22. The Morgan fingerprint density at radius 3 is 2.50 bits per heavy atom. The molecule has 20 heavy (non-hydrogen) atoms. The van der Waals surface area contributed by atoms with Crippen molar-refractivity contribution in [2.75, 3.05) is 26.2 Å². The summed E-state index contributed by atoms with van der Waals surface area (Å²) in [6.45, 7) is 7.27. The molecule has 1 aromatic carbocycles. The normalized spacial score (nSPS) is 10.2. The minimum Gasteiger partial charge on any atom is -0.508 e. The molecule has 2 N–H and O–H groups in total. The molecule has 0 heterocycles. The second kappa shape index (κ2) is 9.44. The molecule has 0 unspecified atom stereocenters. The average molecular weight is 304 g/mol. The molecule has 1 aromatic rings. The molecule has 0 aliphatic carbocycles. The van der Waals surface area contributed by atoms with Crippen LogP contribution in [0.2, 0.25) is 0 Å². The van der Waals surface area contributed by atoms with Gasteiger partial charge in [-0.3, -0.25) is 0 Å². The van der Waals surface area contributed by atoms with E-state index in [1.807, 2.05) is 0 Å². The molecule has 114 valence electrons. The summed E-state index contributed by atoms with van der Waals surface area (Å²) in [6.07, 6.45) is 0.743. The highest BCUT2D eigenvalue weighted by molar-refractivity contribution is 5.92. The third kappa shape index (κ3) is 5.67. The van der Waals surface area contributed by atoms with Crippen LogP contribution in [0.3, 0.4) is 0 Å². The second-order valence-electron chi connectivity index (χ2n) is 4.22. The Hall–Kier alpha value is -1.46. The number of rotatable bonds is 7. The number of phenolic OH excluding ortho intramolecular Hbond substituents is 2. The van der Waals surface area contributed by atoms with E-state index >= 15 is 0 Å². The first-order valence-corrected chi connectivity index (χ1v) is 6.50. The van der Waals surface area contributed by atoms with Crippen LogP contribution in [0.1, 0.15) is 30.6 Å². The van der Waals surface area contributed by atoms with Crippen molar-refractivity contribution in [2.45, 2.75) is 20.3 Å². The topological polar surface area (TPSA) is 70.0 Å². The summed E-state index contributed by atoms with van der Waals surface area (Å²) in [5.41, 5.74) is -0.0113. The highest BCUT2D eigenvalue weighted by Crippen LogP contribution is 2.22. The van der Waals surface area contributed by atoms with Gasteiger partial charge in [0, 0.05) is 6.54 Å². The van der Waals surface area contributed by atoms with E-state index in [4.69, 9.17) is 4.74 Å². The molecule has 0 saturated carbocycles. The van der Waals surface area contributed by atoms with Gasteiger partial charge in [0.25, 0.3) is 0 Å². The van der Waals surface area contributed by atoms with E-state index in [1.54, 1.807) is 0 Å². The molecule has 1 rings (SSSR count). The molecule has 0 bridgehead atoms. The lowest BCUT2D eigenvalue weighted by Gasteiger charge is -2.17. The van der Waals surface area contributed by atoms with E-state index in [0.717, 1.165) is 26.1 Å². The van der Waals surface area contributed by atoms with Crippen molar-refractivity contribution < 1.29 is 19.7 Å². The maximum atomic E-state index is 11.7. The summed E-state index contributed by atoms with van der Waals surface area (Å²) in [4.78, 5) is 13.9. The highest BCUT2D eigenvalue weighted by atomic mass is 35.5. The average Bonchev–Trinajstić information content (AvgIpc) is 2.41. The number of carbonyl (C=O) groups is 1. The Morgan fingerprint density at radius 2 is 1.90 bits per heavy atom. The third-order valence-corrected chi connectivity index (χ3v) is 2.95. The number of benzene rings is 1. The van der Waals surface area contributed by atoms with Crippen molar-refractivity contribution >= 4 is 18.4 Å². The molecule has 0 amide bonds. The standard InChI is InChI=1S/C14H21NO4.ClH/c1-3-15(4-2)8-5-9-19-14(18)12-10-11(16)6-7-13(12)17;/h6-7,10,16-17H,3-5,8-9H2,1-2H3;1H. The zero-order valence-corrected chi connectivity index (χ0v) is 12.7. The van der Waals surface area contributed by atoms with Crippen molar-refractivity contribution in [3.63, 3.8) is 0 Å². The maximum absolute atomic E-state index is 11.7. The first-order valence-electron chi connectivity index (χ1n) is 6.50. The van der Waals surface area contributed by atoms with Crippen LogP contribution >= 0.6 is 12.4 Å². The van der Waals surface area contributed by atoms with Crippen molar-refractivity contribution in [3.05, 3.63) is 23.8 Å². The molecular weight excluding hydrogens is 282 g/mol. The van der Waals surface area contributed by atoms with Gasteiger partial charge in [-0.05, 0) is 37.7 Å². The summed E-state index contributed by atoms with van der Waals surface area (Å²) in [6, 6.07) is 3.77. The van der Waals surface area contributed by atoms with Crippen LogP contribution in [-0.2, 0) is 4.74 Å². The molecule has 6 heteroatoms. The van der Waals surface area contributed by atoms with E-state index in [2.05, 4.69) is 18.7 Å². The summed E-state index contributed by atoms with van der Waals surface area (Å²) in [5, 5.41) is 18.8. The largest absolute Gasteiger partial charge is 0.508 e. The molecule has 0 aliphatic rings. The molecule has 0 aliphatic heterocycles. The van der Waals surface area contributed by atoms with Crippen LogP contribution in [0.5, 0.6) is 11.5 Å². The number of hydrogen-bond donors (Lipinski definition) is 2. The summed E-state index contributed by atoms with van der Waals surface area (Å²) in [5.74, 6) is -0.882.